The number of nitrogens with one attached hydrogen (secondary N) is 1. The molecule has 0 spiro atoms. The van der Waals surface area contributed by atoms with Crippen LogP contribution in [-0.2, 0) is 11.3 Å². The Morgan fingerprint density at radius 3 is 3.00 bits per heavy atom. The molecule has 118 valence electrons. The van der Waals surface area contributed by atoms with Gasteiger partial charge in [0.05, 0.1) is 0 Å². The molecule has 1 aromatic rings. The molecule has 0 bridgehead atoms. The molecule has 5 heteroatoms. The maximum absolute atomic E-state index is 12.4. The van der Waals surface area contributed by atoms with E-state index in [-0.39, 0.29) is 24.0 Å². The van der Waals surface area contributed by atoms with Gasteiger partial charge in [0.2, 0.25) is 5.91 Å². The van der Waals surface area contributed by atoms with E-state index in [9.17, 15) is 9.59 Å². The first-order valence-corrected chi connectivity index (χ1v) is 7.97. The number of hydrogen-bond donors (Lipinski definition) is 1. The Morgan fingerprint density at radius 1 is 1.41 bits per heavy atom. The fraction of sp³-hybridized carbons (Fsp3) is 0.529. The van der Waals surface area contributed by atoms with Crippen molar-refractivity contribution >= 4 is 11.9 Å². The van der Waals surface area contributed by atoms with Crippen LogP contribution in [0.5, 0.6) is 0 Å². The van der Waals surface area contributed by atoms with Crippen molar-refractivity contribution in [2.24, 2.45) is 0 Å². The van der Waals surface area contributed by atoms with Gasteiger partial charge in [0, 0.05) is 25.7 Å². The highest BCUT2D eigenvalue weighted by atomic mass is 16.2. The monoisotopic (exact) mass is 301 g/mol. The number of aryl methyl sites for hydroxylation is 1. The zero-order valence-electron chi connectivity index (χ0n) is 13.2. The third-order valence-electron chi connectivity index (χ3n) is 4.68. The summed E-state index contributed by atoms with van der Waals surface area (Å²) in [6.45, 7) is 5.83. The molecule has 3 rings (SSSR count). The minimum Gasteiger partial charge on any atom is -0.336 e. The first-order chi connectivity index (χ1) is 10.6. The summed E-state index contributed by atoms with van der Waals surface area (Å²) in [6.07, 6.45) is 2.04. The Balaban J connectivity index is 1.63. The van der Waals surface area contributed by atoms with Crippen molar-refractivity contribution < 1.29 is 9.59 Å². The predicted octanol–water partition coefficient (Wildman–Crippen LogP) is 1.90. The fourth-order valence-electron chi connectivity index (χ4n) is 3.43. The standard InChI is InChI=1S/C17H23N3O2/c1-12-5-3-6-14(9-12)10-18-17(22)20-11-15-7-4-8-19(15)16(21)13(20)2/h3,5-6,9,13,15H,4,7-8,10-11H2,1-2H3,(H,18,22)/t13-,15+/m1/s1. The lowest BCUT2D eigenvalue weighted by Crippen LogP contribution is -2.61. The number of carbonyl (C=O) groups excluding carboxylic acids is 2. The van der Waals surface area contributed by atoms with Gasteiger partial charge in [0.1, 0.15) is 6.04 Å². The second kappa shape index (κ2) is 5.99. The van der Waals surface area contributed by atoms with Crippen molar-refractivity contribution in [2.45, 2.75) is 45.3 Å². The van der Waals surface area contributed by atoms with Crippen LogP contribution in [0.15, 0.2) is 24.3 Å². The van der Waals surface area contributed by atoms with Crippen molar-refractivity contribution in [2.75, 3.05) is 13.1 Å². The quantitative estimate of drug-likeness (QED) is 0.907. The van der Waals surface area contributed by atoms with Gasteiger partial charge in [0.15, 0.2) is 0 Å². The number of amides is 3. The molecule has 2 heterocycles. The summed E-state index contributed by atoms with van der Waals surface area (Å²) in [4.78, 5) is 28.4. The number of fused-ring (bicyclic) bond motifs is 1. The lowest BCUT2D eigenvalue weighted by molar-refractivity contribution is -0.140. The van der Waals surface area contributed by atoms with Crippen molar-refractivity contribution in [3.63, 3.8) is 0 Å². The van der Waals surface area contributed by atoms with Gasteiger partial charge in [-0.25, -0.2) is 4.79 Å². The molecule has 2 fully saturated rings. The zero-order chi connectivity index (χ0) is 15.7. The zero-order valence-corrected chi connectivity index (χ0v) is 13.2. The Kier molecular flexibility index (Phi) is 4.05. The van der Waals surface area contributed by atoms with E-state index in [0.29, 0.717) is 13.1 Å². The molecule has 22 heavy (non-hydrogen) atoms. The summed E-state index contributed by atoms with van der Waals surface area (Å²) in [5.74, 6) is 0.0828. The number of piperazine rings is 1. The van der Waals surface area contributed by atoms with Crippen LogP contribution < -0.4 is 5.32 Å². The highest BCUT2D eigenvalue weighted by Crippen LogP contribution is 2.25. The van der Waals surface area contributed by atoms with Gasteiger partial charge in [0.25, 0.3) is 0 Å². The number of benzene rings is 1. The molecule has 2 atom stereocenters. The maximum atomic E-state index is 12.4. The highest BCUT2D eigenvalue weighted by molar-refractivity contribution is 5.88. The van der Waals surface area contributed by atoms with Gasteiger partial charge >= 0.3 is 6.03 Å². The fourth-order valence-corrected chi connectivity index (χ4v) is 3.43. The van der Waals surface area contributed by atoms with Crippen LogP contribution >= 0.6 is 0 Å². The number of urea groups is 1. The summed E-state index contributed by atoms with van der Waals surface area (Å²) < 4.78 is 0. The summed E-state index contributed by atoms with van der Waals surface area (Å²) in [5, 5.41) is 2.94. The van der Waals surface area contributed by atoms with Crippen molar-refractivity contribution in [3.05, 3.63) is 35.4 Å². The Hall–Kier alpha value is -2.04. The maximum Gasteiger partial charge on any atom is 0.318 e. The third-order valence-corrected chi connectivity index (χ3v) is 4.68. The Morgan fingerprint density at radius 2 is 2.23 bits per heavy atom. The van der Waals surface area contributed by atoms with E-state index in [1.807, 2.05) is 36.9 Å². The normalized spacial score (nSPS) is 24.4. The van der Waals surface area contributed by atoms with E-state index in [2.05, 4.69) is 11.4 Å². The third kappa shape index (κ3) is 2.80. The summed E-state index contributed by atoms with van der Waals surface area (Å²) in [5.41, 5.74) is 2.25. The second-order valence-corrected chi connectivity index (χ2v) is 6.30. The average Bonchev–Trinajstić information content (AvgIpc) is 2.97. The van der Waals surface area contributed by atoms with E-state index in [4.69, 9.17) is 0 Å². The SMILES string of the molecule is Cc1cccc(CNC(=O)N2C[C@@H]3CCCN3C(=O)[C@H]2C)c1. The highest BCUT2D eigenvalue weighted by Gasteiger charge is 2.41. The van der Waals surface area contributed by atoms with Crippen LogP contribution in [0.4, 0.5) is 4.79 Å². The topological polar surface area (TPSA) is 52.7 Å². The molecule has 5 nitrogen and oxygen atoms in total. The van der Waals surface area contributed by atoms with Gasteiger partial charge < -0.3 is 15.1 Å². The van der Waals surface area contributed by atoms with Crippen LogP contribution in [0.1, 0.15) is 30.9 Å². The van der Waals surface area contributed by atoms with Crippen LogP contribution in [0, 0.1) is 6.92 Å². The largest absolute Gasteiger partial charge is 0.336 e. The number of carbonyl (C=O) groups is 2. The van der Waals surface area contributed by atoms with Crippen LogP contribution in [0.3, 0.4) is 0 Å². The molecule has 2 saturated heterocycles. The Labute approximate surface area is 131 Å². The number of nitrogens with zero attached hydrogens (tertiary/aromatic N) is 2. The molecule has 0 radical (unpaired) electrons. The van der Waals surface area contributed by atoms with Crippen LogP contribution in [0.25, 0.3) is 0 Å². The first kappa shape index (κ1) is 14.9. The molecule has 0 aliphatic carbocycles. The molecule has 0 saturated carbocycles. The molecule has 0 aromatic heterocycles. The molecular weight excluding hydrogens is 278 g/mol. The van der Waals surface area contributed by atoms with Gasteiger partial charge in [-0.1, -0.05) is 29.8 Å². The molecule has 1 N–H and O–H groups in total. The van der Waals surface area contributed by atoms with Crippen molar-refractivity contribution in [1.29, 1.82) is 0 Å². The van der Waals surface area contributed by atoms with Crippen molar-refractivity contribution in [3.8, 4) is 0 Å². The van der Waals surface area contributed by atoms with E-state index in [1.165, 1.54) is 5.56 Å². The number of hydrogen-bond acceptors (Lipinski definition) is 2. The van der Waals surface area contributed by atoms with Crippen molar-refractivity contribution in [1.82, 2.24) is 15.1 Å². The molecule has 0 unspecified atom stereocenters. The molecule has 2 aliphatic heterocycles. The minimum atomic E-state index is -0.369. The summed E-state index contributed by atoms with van der Waals surface area (Å²) in [6, 6.07) is 7.76. The lowest BCUT2D eigenvalue weighted by atomic mass is 10.1. The second-order valence-electron chi connectivity index (χ2n) is 6.30. The Bertz CT molecular complexity index is 587. The van der Waals surface area contributed by atoms with E-state index >= 15 is 0 Å². The van der Waals surface area contributed by atoms with E-state index in [1.54, 1.807) is 4.90 Å². The first-order valence-electron chi connectivity index (χ1n) is 7.97. The van der Waals surface area contributed by atoms with Crippen LogP contribution in [-0.4, -0.2) is 46.9 Å². The van der Waals surface area contributed by atoms with Crippen LogP contribution in [0.2, 0.25) is 0 Å². The molecule has 2 aliphatic rings. The number of rotatable bonds is 2. The molecular formula is C17H23N3O2. The summed E-state index contributed by atoms with van der Waals surface area (Å²) >= 11 is 0. The molecule has 1 aromatic carbocycles. The smallest absolute Gasteiger partial charge is 0.318 e. The van der Waals surface area contributed by atoms with Gasteiger partial charge in [-0.3, -0.25) is 4.79 Å². The van der Waals surface area contributed by atoms with Gasteiger partial charge in [-0.15, -0.1) is 0 Å². The predicted molar refractivity (Wildman–Crippen MR) is 84.3 cm³/mol. The van der Waals surface area contributed by atoms with Gasteiger partial charge in [-0.2, -0.15) is 0 Å². The lowest BCUT2D eigenvalue weighted by Gasteiger charge is -2.41. The van der Waals surface area contributed by atoms with E-state index in [0.717, 1.165) is 24.9 Å². The molecule has 3 amide bonds. The minimum absolute atomic E-state index is 0.0828. The average molecular weight is 301 g/mol. The summed E-state index contributed by atoms with van der Waals surface area (Å²) in [7, 11) is 0. The van der Waals surface area contributed by atoms with E-state index < -0.39 is 0 Å². The van der Waals surface area contributed by atoms with Gasteiger partial charge in [-0.05, 0) is 32.3 Å².